The van der Waals surface area contributed by atoms with Gasteiger partial charge in [-0.05, 0) is 185 Å². The SMILES string of the molecule is C=C(C(C)CC)N(c1ccc(C(CCC)CCCCC)cc1C)c1cccc(Br)c1C(=O)C(C)CC.CC(=O)C(C(C)(C)C)C1(F)CC1.CC1CCCC1.CCC=O.CCCCC.CCCCC(CCC)C(=O)NCC1=CC=C(C(S/C=C(\C)CC)=C(C)C)CC1. The maximum Gasteiger partial charge on any atom is 0.223 e. The lowest BCUT2D eigenvalue weighted by atomic mass is 9.74. The third kappa shape index (κ3) is 33.4. The normalized spacial score (nSPS) is 15.7. The van der Waals surface area contributed by atoms with Crippen LogP contribution in [0.4, 0.5) is 15.8 Å². The Hall–Kier alpha value is -3.82. The van der Waals surface area contributed by atoms with E-state index in [2.05, 4.69) is 178 Å². The molecule has 518 valence electrons. The van der Waals surface area contributed by atoms with Crippen LogP contribution in [-0.2, 0) is 14.4 Å². The first-order valence-corrected chi connectivity index (χ1v) is 38.0. The van der Waals surface area contributed by atoms with Crippen LogP contribution in [-0.4, -0.2) is 36.0 Å². The van der Waals surface area contributed by atoms with Crippen LogP contribution < -0.4 is 10.2 Å². The lowest BCUT2D eigenvalue weighted by molar-refractivity contribution is -0.128. The summed E-state index contributed by atoms with van der Waals surface area (Å²) in [5, 5.41) is 5.48. The average Bonchev–Trinajstić information content (AvgIpc) is 1.85. The van der Waals surface area contributed by atoms with Gasteiger partial charge in [0.05, 0.1) is 17.2 Å². The maximum atomic E-state index is 13.7. The zero-order valence-electron chi connectivity index (χ0n) is 62.3. The number of carbonyl (C=O) groups excluding carboxylic acids is 4. The van der Waals surface area contributed by atoms with Crippen molar-refractivity contribution in [2.45, 2.75) is 324 Å². The molecule has 0 bridgehead atoms. The van der Waals surface area contributed by atoms with Crippen LogP contribution >= 0.6 is 27.7 Å². The van der Waals surface area contributed by atoms with Gasteiger partial charge in [-0.1, -0.05) is 266 Å². The third-order valence-corrected chi connectivity index (χ3v) is 20.2. The Morgan fingerprint density at radius 2 is 1.36 bits per heavy atom. The molecule has 3 aliphatic carbocycles. The fourth-order valence-corrected chi connectivity index (χ4v) is 13.5. The summed E-state index contributed by atoms with van der Waals surface area (Å²) in [5.74, 6) is 2.08. The quantitative estimate of drug-likeness (QED) is 0.0446. The number of amides is 1. The van der Waals surface area contributed by atoms with Gasteiger partial charge in [0.2, 0.25) is 5.91 Å². The van der Waals surface area contributed by atoms with Gasteiger partial charge in [-0.15, -0.1) is 0 Å². The van der Waals surface area contributed by atoms with Crippen molar-refractivity contribution in [1.29, 1.82) is 0 Å². The van der Waals surface area contributed by atoms with E-state index in [1.165, 1.54) is 129 Å². The summed E-state index contributed by atoms with van der Waals surface area (Å²) in [6, 6.07) is 13.0. The summed E-state index contributed by atoms with van der Waals surface area (Å²) < 4.78 is 14.5. The summed E-state index contributed by atoms with van der Waals surface area (Å²) in [6.45, 7) is 49.5. The van der Waals surface area contributed by atoms with Gasteiger partial charge in [0.15, 0.2) is 5.78 Å². The van der Waals surface area contributed by atoms with Crippen molar-refractivity contribution in [1.82, 2.24) is 5.32 Å². The molecule has 1 amide bonds. The standard InChI is InChI=1S/C33H48BrNO.C25H41NOS.C10H17FO.C6H12.C5H12.C3H6O/c1-9-13-14-17-27(16-10-2)28-20-21-30(25(7)22-28)35(26(8)23(5)11-3)31-19-15-18-29(34)32(31)33(36)24(6)12-4;1-7-10-12-23(11-8-2)25(27)26-17-21-13-15-22(16-14-21)24(19(4)5)28-18-20(6)9-3;1-7(12)8(9(2,3)4)10(11)5-6-10;1-6-4-2-3-5-6;1-3-5-4-2;1-2-3-4/h15,18-24,27H,8-14,16-17H2,1-7H3;13,15,18,23H,7-12,14,16-17H2,1-6H3,(H,26,27);8H,5-6H2,1-4H3;6H,2-5H2,1H3;3-5H2,1-2H3;3H,2H2,1H3/b;20-18+;;;;. The zero-order valence-corrected chi connectivity index (χ0v) is 64.7. The molecule has 0 saturated heterocycles. The number of unbranched alkanes of at least 4 members (excludes halogenated alkanes) is 5. The minimum Gasteiger partial charge on any atom is -0.352 e. The molecule has 0 radical (unpaired) electrons. The number of hydrogen-bond acceptors (Lipinski definition) is 6. The van der Waals surface area contributed by atoms with Crippen LogP contribution in [0.5, 0.6) is 0 Å². The van der Waals surface area contributed by atoms with E-state index < -0.39 is 11.6 Å². The van der Waals surface area contributed by atoms with Crippen molar-refractivity contribution in [2.24, 2.45) is 35.0 Å². The minimum atomic E-state index is -1.18. The van der Waals surface area contributed by atoms with Crippen LogP contribution in [0.2, 0.25) is 0 Å². The fourth-order valence-electron chi connectivity index (χ4n) is 11.9. The second-order valence-electron chi connectivity index (χ2n) is 27.9. The van der Waals surface area contributed by atoms with E-state index in [1.54, 1.807) is 0 Å². The molecule has 0 heterocycles. The number of thioether (sulfide) groups is 1. The highest BCUT2D eigenvalue weighted by molar-refractivity contribution is 9.10. The Morgan fingerprint density at radius 1 is 0.769 bits per heavy atom. The van der Waals surface area contributed by atoms with Crippen LogP contribution in [0.25, 0.3) is 0 Å². The van der Waals surface area contributed by atoms with Crippen molar-refractivity contribution >= 4 is 62.8 Å². The molecule has 1 N–H and O–H groups in total. The maximum absolute atomic E-state index is 13.7. The zero-order chi connectivity index (χ0) is 69.3. The van der Waals surface area contributed by atoms with E-state index in [-0.39, 0.29) is 40.6 Å². The molecule has 2 fully saturated rings. The summed E-state index contributed by atoms with van der Waals surface area (Å²) in [4.78, 5) is 50.2. The van der Waals surface area contributed by atoms with E-state index in [1.807, 2.05) is 58.5 Å². The number of ketones is 2. The molecule has 0 aliphatic heterocycles. The summed E-state index contributed by atoms with van der Waals surface area (Å²) in [7, 11) is 0. The molecule has 91 heavy (non-hydrogen) atoms. The van der Waals surface area contributed by atoms with E-state index >= 15 is 0 Å². The van der Waals surface area contributed by atoms with Gasteiger partial charge < -0.3 is 15.0 Å². The first-order chi connectivity index (χ1) is 43.1. The second kappa shape index (κ2) is 48.8. The summed E-state index contributed by atoms with van der Waals surface area (Å²) >= 11 is 5.56. The van der Waals surface area contributed by atoms with Gasteiger partial charge in [0.25, 0.3) is 0 Å². The number of aldehydes is 1. The number of anilines is 2. The molecule has 5 rings (SSSR count). The van der Waals surface area contributed by atoms with Crippen molar-refractivity contribution in [3.8, 4) is 0 Å². The number of halogens is 2. The third-order valence-electron chi connectivity index (χ3n) is 18.1. The van der Waals surface area contributed by atoms with E-state index in [0.29, 0.717) is 31.7 Å². The predicted octanol–water partition coefficient (Wildman–Crippen LogP) is 26.6. The van der Waals surface area contributed by atoms with Crippen LogP contribution in [0.15, 0.2) is 97.9 Å². The molecule has 5 atom stereocenters. The van der Waals surface area contributed by atoms with Gasteiger partial charge in [-0.3, -0.25) is 14.4 Å². The molecule has 0 aromatic heterocycles. The number of rotatable bonds is 32. The first-order valence-electron chi connectivity index (χ1n) is 36.3. The second-order valence-corrected chi connectivity index (χ2v) is 29.6. The van der Waals surface area contributed by atoms with Gasteiger partial charge in [0, 0.05) is 45.6 Å². The molecule has 3 aliphatic rings. The van der Waals surface area contributed by atoms with Crippen molar-refractivity contribution in [3.63, 3.8) is 0 Å². The van der Waals surface area contributed by atoms with Crippen LogP contribution in [0.1, 0.15) is 333 Å². The predicted molar refractivity (Wildman–Crippen MR) is 404 cm³/mol. The molecule has 2 aromatic rings. The highest BCUT2D eigenvalue weighted by Crippen LogP contribution is 2.53. The molecule has 2 saturated carbocycles. The summed E-state index contributed by atoms with van der Waals surface area (Å²) in [5.41, 5.74) is 10.6. The number of Topliss-reactive ketones (excluding diaryl/α,β-unsaturated/α-hetero) is 2. The molecule has 0 spiro atoms. The number of nitrogens with zero attached hydrogens (tertiary/aromatic N) is 1. The van der Waals surface area contributed by atoms with Crippen molar-refractivity contribution in [2.75, 3.05) is 11.4 Å². The Morgan fingerprint density at radius 3 is 1.78 bits per heavy atom. The molecular weight excluding hydrogens is 1210 g/mol. The summed E-state index contributed by atoms with van der Waals surface area (Å²) in [6.07, 6.45) is 35.1. The highest BCUT2D eigenvalue weighted by Gasteiger charge is 2.56. The van der Waals surface area contributed by atoms with E-state index in [0.717, 1.165) is 104 Å². The number of hydrogen-bond donors (Lipinski definition) is 1. The Labute approximate surface area is 573 Å². The average molecular weight is 1340 g/mol. The van der Waals surface area contributed by atoms with E-state index in [9.17, 15) is 23.6 Å². The van der Waals surface area contributed by atoms with Crippen molar-refractivity contribution < 1.29 is 23.6 Å². The number of aryl methyl sites for hydroxylation is 1. The topological polar surface area (TPSA) is 83.6 Å². The smallest absolute Gasteiger partial charge is 0.223 e. The Bertz CT molecular complexity index is 2530. The highest BCUT2D eigenvalue weighted by atomic mass is 79.9. The molecule has 9 heteroatoms. The number of nitrogens with one attached hydrogen (secondary N) is 1. The first kappa shape index (κ1) is 87.2. The van der Waals surface area contributed by atoms with Gasteiger partial charge in [-0.2, -0.15) is 0 Å². The molecule has 5 unspecified atom stereocenters. The lowest BCUT2D eigenvalue weighted by Gasteiger charge is -2.34. The number of alkyl halides is 1. The molecule has 6 nitrogen and oxygen atoms in total. The Balaban J connectivity index is 0.00000128. The van der Waals surface area contributed by atoms with Gasteiger partial charge in [-0.25, -0.2) is 4.39 Å². The van der Waals surface area contributed by atoms with E-state index in [4.69, 9.17) is 0 Å². The van der Waals surface area contributed by atoms with Crippen LogP contribution in [0, 0.1) is 41.9 Å². The van der Waals surface area contributed by atoms with Crippen molar-refractivity contribution in [3.05, 3.63) is 115 Å². The van der Waals surface area contributed by atoms with Gasteiger partial charge in [0.1, 0.15) is 17.7 Å². The molecule has 2 aromatic carbocycles. The number of carbonyl (C=O) groups is 4. The largest absolute Gasteiger partial charge is 0.352 e. The number of benzene rings is 2. The Kier molecular flexibility index (Phi) is 46.8. The minimum absolute atomic E-state index is 0.0116. The lowest BCUT2D eigenvalue weighted by Crippen LogP contribution is -2.36. The fraction of sp³-hybridized carbons (Fsp3) is 0.683. The van der Waals surface area contributed by atoms with Gasteiger partial charge >= 0.3 is 0 Å². The van der Waals surface area contributed by atoms with Crippen LogP contribution in [0.3, 0.4) is 0 Å². The number of allylic oxidation sites excluding steroid dienone is 6. The molecular formula is C82H136BrFN2O4S. The monoisotopic (exact) mass is 1340 g/mol.